The summed E-state index contributed by atoms with van der Waals surface area (Å²) in [5.41, 5.74) is 3.68. The molecule has 114 valence electrons. The molecular formula is C17H17NO4. The van der Waals surface area contributed by atoms with E-state index in [0.29, 0.717) is 17.9 Å². The van der Waals surface area contributed by atoms with Crippen molar-refractivity contribution in [1.82, 2.24) is 5.16 Å². The third-order valence-corrected chi connectivity index (χ3v) is 3.87. The first-order valence-electron chi connectivity index (χ1n) is 7.06. The number of rotatable bonds is 3. The Morgan fingerprint density at radius 2 is 1.95 bits per heavy atom. The van der Waals surface area contributed by atoms with Crippen molar-refractivity contribution in [1.29, 1.82) is 0 Å². The van der Waals surface area contributed by atoms with Crippen molar-refractivity contribution in [2.24, 2.45) is 0 Å². The van der Waals surface area contributed by atoms with Gasteiger partial charge in [0.2, 0.25) is 0 Å². The predicted octanol–water partition coefficient (Wildman–Crippen LogP) is 3.59. The van der Waals surface area contributed by atoms with E-state index in [1.54, 1.807) is 0 Å². The summed E-state index contributed by atoms with van der Waals surface area (Å²) in [6, 6.07) is 5.29. The van der Waals surface area contributed by atoms with Gasteiger partial charge in [0.1, 0.15) is 23.7 Å². The molecule has 2 aromatic heterocycles. The van der Waals surface area contributed by atoms with Crippen LogP contribution in [0.3, 0.4) is 0 Å². The Bertz CT molecular complexity index is 885. The van der Waals surface area contributed by atoms with Gasteiger partial charge in [0.25, 0.3) is 0 Å². The lowest BCUT2D eigenvalue weighted by molar-refractivity contribution is 0.299. The van der Waals surface area contributed by atoms with Crippen molar-refractivity contribution in [3.63, 3.8) is 0 Å². The molecule has 0 spiro atoms. The molecule has 0 radical (unpaired) electrons. The van der Waals surface area contributed by atoms with Gasteiger partial charge in [-0.2, -0.15) is 0 Å². The third-order valence-electron chi connectivity index (χ3n) is 3.87. The fourth-order valence-corrected chi connectivity index (χ4v) is 2.51. The Hall–Kier alpha value is -2.56. The van der Waals surface area contributed by atoms with E-state index < -0.39 is 0 Å². The Morgan fingerprint density at radius 1 is 1.18 bits per heavy atom. The third kappa shape index (κ3) is 2.39. The summed E-state index contributed by atoms with van der Waals surface area (Å²) in [5.74, 6) is 1.43. The molecule has 0 unspecified atom stereocenters. The molecule has 0 saturated carbocycles. The van der Waals surface area contributed by atoms with Gasteiger partial charge in [0.05, 0.1) is 11.3 Å². The van der Waals surface area contributed by atoms with Crippen molar-refractivity contribution in [2.75, 3.05) is 0 Å². The first-order chi connectivity index (χ1) is 10.5. The molecule has 0 aliphatic heterocycles. The number of hydrogen-bond acceptors (Lipinski definition) is 5. The molecule has 5 heteroatoms. The van der Waals surface area contributed by atoms with Crippen LogP contribution in [0.4, 0.5) is 0 Å². The van der Waals surface area contributed by atoms with Crippen LogP contribution in [0, 0.1) is 27.7 Å². The van der Waals surface area contributed by atoms with Crippen LogP contribution >= 0.6 is 0 Å². The second kappa shape index (κ2) is 5.33. The zero-order valence-corrected chi connectivity index (χ0v) is 13.0. The molecule has 0 bridgehead atoms. The Balaban J connectivity index is 1.98. The van der Waals surface area contributed by atoms with Crippen molar-refractivity contribution >= 4 is 11.0 Å². The molecule has 3 rings (SSSR count). The van der Waals surface area contributed by atoms with E-state index in [4.69, 9.17) is 13.7 Å². The van der Waals surface area contributed by atoms with E-state index in [9.17, 15) is 4.79 Å². The van der Waals surface area contributed by atoms with Crippen LogP contribution in [0.2, 0.25) is 0 Å². The number of nitrogens with zero attached hydrogens (tertiary/aromatic N) is 1. The highest BCUT2D eigenvalue weighted by Gasteiger charge is 2.13. The molecule has 0 atom stereocenters. The number of aromatic nitrogens is 1. The number of benzene rings is 1. The van der Waals surface area contributed by atoms with Crippen molar-refractivity contribution in [3.8, 4) is 5.75 Å². The highest BCUT2D eigenvalue weighted by atomic mass is 16.5. The van der Waals surface area contributed by atoms with E-state index in [-0.39, 0.29) is 5.63 Å². The first-order valence-corrected chi connectivity index (χ1v) is 7.06. The second-order valence-electron chi connectivity index (χ2n) is 5.41. The highest BCUT2D eigenvalue weighted by Crippen LogP contribution is 2.29. The lowest BCUT2D eigenvalue weighted by Gasteiger charge is -2.11. The molecule has 0 amide bonds. The zero-order valence-electron chi connectivity index (χ0n) is 13.0. The summed E-state index contributed by atoms with van der Waals surface area (Å²) in [6.45, 7) is 7.87. The largest absolute Gasteiger partial charge is 0.488 e. The first kappa shape index (κ1) is 14.4. The molecule has 0 saturated heterocycles. The maximum absolute atomic E-state index is 11.6. The van der Waals surface area contributed by atoms with E-state index in [1.807, 2.05) is 39.8 Å². The monoisotopic (exact) mass is 299 g/mol. The lowest BCUT2D eigenvalue weighted by Crippen LogP contribution is -2.02. The normalized spacial score (nSPS) is 11.1. The van der Waals surface area contributed by atoms with E-state index >= 15 is 0 Å². The Kier molecular flexibility index (Phi) is 3.48. The maximum Gasteiger partial charge on any atom is 0.336 e. The topological polar surface area (TPSA) is 65.5 Å². The molecule has 0 fully saturated rings. The molecule has 0 aliphatic rings. The molecule has 0 N–H and O–H groups in total. The summed E-state index contributed by atoms with van der Waals surface area (Å²) in [6.07, 6.45) is 0. The van der Waals surface area contributed by atoms with E-state index in [0.717, 1.165) is 33.5 Å². The molecule has 2 heterocycles. The number of ether oxygens (including phenoxy) is 1. The summed E-state index contributed by atoms with van der Waals surface area (Å²) in [5, 5.41) is 4.83. The van der Waals surface area contributed by atoms with Crippen LogP contribution < -0.4 is 10.4 Å². The second-order valence-corrected chi connectivity index (χ2v) is 5.41. The van der Waals surface area contributed by atoms with Gasteiger partial charge >= 0.3 is 5.63 Å². The minimum atomic E-state index is -0.351. The van der Waals surface area contributed by atoms with E-state index in [2.05, 4.69) is 5.16 Å². The molecule has 1 aromatic carbocycles. The van der Waals surface area contributed by atoms with Gasteiger partial charge in [-0.3, -0.25) is 0 Å². The van der Waals surface area contributed by atoms with Crippen LogP contribution in [-0.2, 0) is 6.61 Å². The minimum absolute atomic E-state index is 0.351. The minimum Gasteiger partial charge on any atom is -0.488 e. The van der Waals surface area contributed by atoms with Crippen LogP contribution in [0.15, 0.2) is 31.9 Å². The molecular weight excluding hydrogens is 282 g/mol. The van der Waals surface area contributed by atoms with Crippen molar-refractivity contribution < 1.29 is 13.7 Å². The predicted molar refractivity (Wildman–Crippen MR) is 82.3 cm³/mol. The average Bonchev–Trinajstić information content (AvgIpc) is 2.78. The van der Waals surface area contributed by atoms with E-state index in [1.165, 1.54) is 6.07 Å². The molecule has 3 aromatic rings. The van der Waals surface area contributed by atoms with Gasteiger partial charge in [-0.05, 0) is 45.4 Å². The van der Waals surface area contributed by atoms with Crippen LogP contribution in [0.1, 0.15) is 28.1 Å². The van der Waals surface area contributed by atoms with Crippen molar-refractivity contribution in [2.45, 2.75) is 34.3 Å². The quantitative estimate of drug-likeness (QED) is 0.691. The molecule has 22 heavy (non-hydrogen) atoms. The standard InChI is InChI=1S/C17H17NO4/c1-9-7-16(19)21-17-10(2)15(6-5-13(9)17)20-8-14-11(3)18-22-12(14)4/h5-7H,8H2,1-4H3. The lowest BCUT2D eigenvalue weighted by atomic mass is 10.1. The van der Waals surface area contributed by atoms with Crippen LogP contribution in [-0.4, -0.2) is 5.16 Å². The fourth-order valence-electron chi connectivity index (χ4n) is 2.51. The zero-order chi connectivity index (χ0) is 15.9. The average molecular weight is 299 g/mol. The van der Waals surface area contributed by atoms with Gasteiger partial charge in [-0.1, -0.05) is 5.16 Å². The summed E-state index contributed by atoms with van der Waals surface area (Å²) in [7, 11) is 0. The number of hydrogen-bond donors (Lipinski definition) is 0. The summed E-state index contributed by atoms with van der Waals surface area (Å²) in [4.78, 5) is 11.6. The maximum atomic E-state index is 11.6. The Labute approximate surface area is 127 Å². The van der Waals surface area contributed by atoms with Gasteiger partial charge in [-0.25, -0.2) is 4.79 Å². The van der Waals surface area contributed by atoms with Crippen LogP contribution in [0.5, 0.6) is 5.75 Å². The Morgan fingerprint density at radius 3 is 2.64 bits per heavy atom. The van der Waals surface area contributed by atoms with Gasteiger partial charge < -0.3 is 13.7 Å². The van der Waals surface area contributed by atoms with Gasteiger partial charge in [-0.15, -0.1) is 0 Å². The highest BCUT2D eigenvalue weighted by molar-refractivity contribution is 5.84. The number of fused-ring (bicyclic) bond motifs is 1. The summed E-state index contributed by atoms with van der Waals surface area (Å²) >= 11 is 0. The number of aryl methyl sites for hydroxylation is 4. The smallest absolute Gasteiger partial charge is 0.336 e. The van der Waals surface area contributed by atoms with Gasteiger partial charge in [0.15, 0.2) is 0 Å². The van der Waals surface area contributed by atoms with Crippen LogP contribution in [0.25, 0.3) is 11.0 Å². The molecule has 5 nitrogen and oxygen atoms in total. The van der Waals surface area contributed by atoms with Gasteiger partial charge in [0, 0.05) is 17.0 Å². The fraction of sp³-hybridized carbons (Fsp3) is 0.294. The summed E-state index contributed by atoms with van der Waals surface area (Å²) < 4.78 is 16.3. The molecule has 0 aliphatic carbocycles. The SMILES string of the molecule is Cc1noc(C)c1COc1ccc2c(C)cc(=O)oc2c1C. The van der Waals surface area contributed by atoms with Crippen molar-refractivity contribution in [3.05, 3.63) is 56.8 Å².